The van der Waals surface area contributed by atoms with Crippen molar-refractivity contribution in [3.63, 3.8) is 0 Å². The van der Waals surface area contributed by atoms with Gasteiger partial charge in [0.2, 0.25) is 0 Å². The average molecular weight is 240 g/mol. The van der Waals surface area contributed by atoms with E-state index in [9.17, 15) is 0 Å². The molecule has 0 aromatic heterocycles. The molecule has 2 fully saturated rings. The lowest BCUT2D eigenvalue weighted by Gasteiger charge is -2.30. The molecule has 3 heteroatoms. The van der Waals surface area contributed by atoms with E-state index in [2.05, 4.69) is 9.80 Å². The van der Waals surface area contributed by atoms with Crippen LogP contribution < -0.4 is 0 Å². The van der Waals surface area contributed by atoms with Crippen molar-refractivity contribution >= 4 is 0 Å². The van der Waals surface area contributed by atoms with Crippen LogP contribution in [0.2, 0.25) is 0 Å². The number of aliphatic hydroxyl groups excluding tert-OH is 1. The van der Waals surface area contributed by atoms with E-state index in [-0.39, 0.29) is 0 Å². The van der Waals surface area contributed by atoms with Crippen LogP contribution in [0, 0.1) is 0 Å². The molecule has 17 heavy (non-hydrogen) atoms. The number of nitrogens with zero attached hydrogens (tertiary/aromatic N) is 2. The summed E-state index contributed by atoms with van der Waals surface area (Å²) in [6.45, 7) is 6.77. The van der Waals surface area contributed by atoms with Gasteiger partial charge in [-0.3, -0.25) is 4.90 Å². The second-order valence-electron chi connectivity index (χ2n) is 5.60. The molecule has 2 rings (SSSR count). The van der Waals surface area contributed by atoms with E-state index < -0.39 is 0 Å². The maximum absolute atomic E-state index is 8.92. The molecule has 0 aromatic rings. The molecule has 100 valence electrons. The molecule has 0 spiro atoms. The molecule has 0 aromatic carbocycles. The number of hydrogen-bond donors (Lipinski definition) is 1. The van der Waals surface area contributed by atoms with E-state index in [0.717, 1.165) is 12.5 Å². The summed E-state index contributed by atoms with van der Waals surface area (Å²) >= 11 is 0. The maximum Gasteiger partial charge on any atom is 0.0431 e. The summed E-state index contributed by atoms with van der Waals surface area (Å²) in [5, 5.41) is 8.92. The van der Waals surface area contributed by atoms with E-state index >= 15 is 0 Å². The number of rotatable bonds is 6. The molecule has 1 atom stereocenters. The van der Waals surface area contributed by atoms with Crippen LogP contribution in [0.1, 0.15) is 44.9 Å². The van der Waals surface area contributed by atoms with Crippen molar-refractivity contribution in [3.8, 4) is 0 Å². The number of likely N-dealkylation sites (tertiary alicyclic amines) is 2. The Kier molecular flexibility index (Phi) is 5.75. The minimum Gasteiger partial charge on any atom is -0.396 e. The molecule has 2 heterocycles. The van der Waals surface area contributed by atoms with Gasteiger partial charge in [0.05, 0.1) is 0 Å². The molecule has 2 aliphatic heterocycles. The fraction of sp³-hybridized carbons (Fsp3) is 1.00. The lowest BCUT2D eigenvalue weighted by Crippen LogP contribution is -2.39. The first-order chi connectivity index (χ1) is 8.40. The fourth-order valence-electron chi connectivity index (χ4n) is 3.30. The van der Waals surface area contributed by atoms with Gasteiger partial charge in [0.15, 0.2) is 0 Å². The van der Waals surface area contributed by atoms with Crippen molar-refractivity contribution in [2.45, 2.75) is 51.0 Å². The lowest BCUT2D eigenvalue weighted by molar-refractivity contribution is 0.165. The Labute approximate surface area is 106 Å². The Bertz CT molecular complexity index is 204. The summed E-state index contributed by atoms with van der Waals surface area (Å²) in [4.78, 5) is 5.29. The normalized spacial score (nSPS) is 27.7. The first-order valence-corrected chi connectivity index (χ1v) is 7.47. The maximum atomic E-state index is 8.92. The Morgan fingerprint density at radius 3 is 2.53 bits per heavy atom. The zero-order valence-electron chi connectivity index (χ0n) is 11.1. The van der Waals surface area contributed by atoms with Gasteiger partial charge in [-0.05, 0) is 58.2 Å². The summed E-state index contributed by atoms with van der Waals surface area (Å²) < 4.78 is 0. The number of hydrogen-bond acceptors (Lipinski definition) is 3. The molecule has 0 bridgehead atoms. The largest absolute Gasteiger partial charge is 0.396 e. The Balaban J connectivity index is 1.66. The first-order valence-electron chi connectivity index (χ1n) is 7.47. The Hall–Kier alpha value is -0.120. The van der Waals surface area contributed by atoms with Gasteiger partial charge in [0.25, 0.3) is 0 Å². The smallest absolute Gasteiger partial charge is 0.0431 e. The highest BCUT2D eigenvalue weighted by Crippen LogP contribution is 2.21. The lowest BCUT2D eigenvalue weighted by atomic mass is 10.1. The minimum absolute atomic E-state index is 0.358. The fourth-order valence-corrected chi connectivity index (χ4v) is 3.30. The van der Waals surface area contributed by atoms with Crippen LogP contribution in [0.25, 0.3) is 0 Å². The predicted molar refractivity (Wildman–Crippen MR) is 71.2 cm³/mol. The van der Waals surface area contributed by atoms with Crippen molar-refractivity contribution in [2.75, 3.05) is 39.3 Å². The van der Waals surface area contributed by atoms with E-state index in [4.69, 9.17) is 5.11 Å². The van der Waals surface area contributed by atoms with Gasteiger partial charge >= 0.3 is 0 Å². The molecule has 2 saturated heterocycles. The van der Waals surface area contributed by atoms with Gasteiger partial charge in [-0.1, -0.05) is 6.42 Å². The van der Waals surface area contributed by atoms with Crippen molar-refractivity contribution < 1.29 is 5.11 Å². The van der Waals surface area contributed by atoms with Gasteiger partial charge in [0, 0.05) is 25.7 Å². The van der Waals surface area contributed by atoms with Crippen molar-refractivity contribution in [1.29, 1.82) is 0 Å². The number of aliphatic hydroxyl groups is 1. The minimum atomic E-state index is 0.358. The zero-order valence-corrected chi connectivity index (χ0v) is 11.1. The van der Waals surface area contributed by atoms with Crippen molar-refractivity contribution in [2.24, 2.45) is 0 Å². The van der Waals surface area contributed by atoms with E-state index in [1.54, 1.807) is 0 Å². The third kappa shape index (κ3) is 4.23. The highest BCUT2D eigenvalue weighted by molar-refractivity contribution is 4.80. The first kappa shape index (κ1) is 13.3. The summed E-state index contributed by atoms with van der Waals surface area (Å²) in [7, 11) is 0. The van der Waals surface area contributed by atoms with E-state index in [1.165, 1.54) is 71.2 Å². The zero-order chi connectivity index (χ0) is 11.9. The van der Waals surface area contributed by atoms with Crippen LogP contribution in [-0.2, 0) is 0 Å². The monoisotopic (exact) mass is 240 g/mol. The van der Waals surface area contributed by atoms with Gasteiger partial charge < -0.3 is 10.0 Å². The molecule has 2 aliphatic rings. The van der Waals surface area contributed by atoms with Crippen LogP contribution in [0.3, 0.4) is 0 Å². The summed E-state index contributed by atoms with van der Waals surface area (Å²) in [6.07, 6.45) is 9.10. The highest BCUT2D eigenvalue weighted by Gasteiger charge is 2.24. The SMILES string of the molecule is OCCCC1CCCN1CCN1CCCCC1. The number of piperidine rings is 1. The molecule has 1 unspecified atom stereocenters. The van der Waals surface area contributed by atoms with Gasteiger partial charge in [-0.15, -0.1) is 0 Å². The molecular formula is C14H28N2O. The summed E-state index contributed by atoms with van der Waals surface area (Å²) in [5.41, 5.74) is 0. The predicted octanol–water partition coefficient (Wildman–Crippen LogP) is 1.71. The molecule has 0 aliphatic carbocycles. The van der Waals surface area contributed by atoms with Crippen LogP contribution in [0.5, 0.6) is 0 Å². The Morgan fingerprint density at radius 2 is 1.76 bits per heavy atom. The second kappa shape index (κ2) is 7.34. The summed E-state index contributed by atoms with van der Waals surface area (Å²) in [6, 6.07) is 0.756. The van der Waals surface area contributed by atoms with Crippen LogP contribution in [-0.4, -0.2) is 60.3 Å². The topological polar surface area (TPSA) is 26.7 Å². The Morgan fingerprint density at radius 1 is 0.941 bits per heavy atom. The summed E-state index contributed by atoms with van der Waals surface area (Å²) in [5.74, 6) is 0. The van der Waals surface area contributed by atoms with Crippen molar-refractivity contribution in [3.05, 3.63) is 0 Å². The second-order valence-corrected chi connectivity index (χ2v) is 5.60. The van der Waals surface area contributed by atoms with Gasteiger partial charge in [0.1, 0.15) is 0 Å². The third-order valence-electron chi connectivity index (χ3n) is 4.35. The van der Waals surface area contributed by atoms with Gasteiger partial charge in [-0.25, -0.2) is 0 Å². The molecule has 3 nitrogen and oxygen atoms in total. The van der Waals surface area contributed by atoms with Crippen LogP contribution in [0.15, 0.2) is 0 Å². The van der Waals surface area contributed by atoms with E-state index in [1.807, 2.05) is 0 Å². The molecule has 0 radical (unpaired) electrons. The van der Waals surface area contributed by atoms with Gasteiger partial charge in [-0.2, -0.15) is 0 Å². The quantitative estimate of drug-likeness (QED) is 0.765. The van der Waals surface area contributed by atoms with Crippen molar-refractivity contribution in [1.82, 2.24) is 9.80 Å². The molecule has 0 amide bonds. The third-order valence-corrected chi connectivity index (χ3v) is 4.35. The van der Waals surface area contributed by atoms with E-state index in [0.29, 0.717) is 6.61 Å². The average Bonchev–Trinajstić information content (AvgIpc) is 2.82. The molecule has 1 N–H and O–H groups in total. The van der Waals surface area contributed by atoms with Crippen LogP contribution >= 0.6 is 0 Å². The van der Waals surface area contributed by atoms with Crippen LogP contribution in [0.4, 0.5) is 0 Å². The molecular weight excluding hydrogens is 212 g/mol. The molecule has 0 saturated carbocycles. The highest BCUT2D eigenvalue weighted by atomic mass is 16.2. The standard InChI is InChI=1S/C14H28N2O/c17-13-5-7-14-6-4-10-16(14)12-11-15-8-2-1-3-9-15/h14,17H,1-13H2.